The van der Waals surface area contributed by atoms with E-state index < -0.39 is 0 Å². The highest BCUT2D eigenvalue weighted by molar-refractivity contribution is 7.13. The molecule has 106 valence electrons. The van der Waals surface area contributed by atoms with Crippen LogP contribution in [-0.2, 0) is 6.42 Å². The first-order valence-corrected chi connectivity index (χ1v) is 7.91. The summed E-state index contributed by atoms with van der Waals surface area (Å²) in [4.78, 5) is 9.26. The van der Waals surface area contributed by atoms with E-state index in [4.69, 9.17) is 5.73 Å². The van der Waals surface area contributed by atoms with Gasteiger partial charge in [0.15, 0.2) is 5.13 Å². The number of anilines is 2. The second-order valence-electron chi connectivity index (χ2n) is 5.09. The molecule has 0 amide bonds. The van der Waals surface area contributed by atoms with Gasteiger partial charge < -0.3 is 10.6 Å². The Morgan fingerprint density at radius 3 is 2.65 bits per heavy atom. The van der Waals surface area contributed by atoms with E-state index in [0.29, 0.717) is 0 Å². The molecule has 20 heavy (non-hydrogen) atoms. The average Bonchev–Trinajstić information content (AvgIpc) is 3.01. The Bertz CT molecular complexity index is 533. The lowest BCUT2D eigenvalue weighted by Gasteiger charge is -2.34. The Labute approximate surface area is 123 Å². The molecule has 0 spiro atoms. The van der Waals surface area contributed by atoms with E-state index in [9.17, 15) is 0 Å². The molecular weight excluding hydrogens is 268 g/mol. The second kappa shape index (κ2) is 6.24. The molecule has 1 aromatic heterocycles. The Kier molecular flexibility index (Phi) is 4.18. The summed E-state index contributed by atoms with van der Waals surface area (Å²) in [6, 6.07) is 8.16. The molecule has 1 aromatic carbocycles. The van der Waals surface area contributed by atoms with E-state index in [-0.39, 0.29) is 0 Å². The molecule has 2 aromatic rings. The fraction of sp³-hybridized carbons (Fsp3) is 0.400. The third kappa shape index (κ3) is 3.11. The monoisotopic (exact) mass is 288 g/mol. The molecule has 0 unspecified atom stereocenters. The number of piperazine rings is 1. The van der Waals surface area contributed by atoms with Gasteiger partial charge in [0.2, 0.25) is 0 Å². The van der Waals surface area contributed by atoms with Crippen molar-refractivity contribution in [3.05, 3.63) is 41.4 Å². The summed E-state index contributed by atoms with van der Waals surface area (Å²) in [5.41, 5.74) is 8.16. The van der Waals surface area contributed by atoms with E-state index in [1.165, 1.54) is 5.56 Å². The Hall–Kier alpha value is -1.59. The number of nitrogen functional groups attached to an aromatic ring is 1. The molecule has 1 aliphatic rings. The molecule has 0 bridgehead atoms. The van der Waals surface area contributed by atoms with Gasteiger partial charge in [0.1, 0.15) is 0 Å². The van der Waals surface area contributed by atoms with Gasteiger partial charge in [0.25, 0.3) is 0 Å². The molecule has 2 N–H and O–H groups in total. The van der Waals surface area contributed by atoms with Crippen LogP contribution < -0.4 is 10.6 Å². The first kappa shape index (κ1) is 13.4. The van der Waals surface area contributed by atoms with Crippen LogP contribution in [-0.4, -0.2) is 42.6 Å². The topological polar surface area (TPSA) is 45.4 Å². The van der Waals surface area contributed by atoms with Crippen LogP contribution in [0.2, 0.25) is 0 Å². The molecule has 0 radical (unpaired) electrons. The van der Waals surface area contributed by atoms with Crippen molar-refractivity contribution in [3.8, 4) is 0 Å². The fourth-order valence-electron chi connectivity index (χ4n) is 2.58. The number of hydrogen-bond donors (Lipinski definition) is 1. The highest BCUT2D eigenvalue weighted by atomic mass is 32.1. The third-order valence-electron chi connectivity index (χ3n) is 3.81. The summed E-state index contributed by atoms with van der Waals surface area (Å²) >= 11 is 1.72. The predicted octanol–water partition coefficient (Wildman–Crippen LogP) is 2.09. The van der Waals surface area contributed by atoms with Gasteiger partial charge in [-0.3, -0.25) is 4.90 Å². The van der Waals surface area contributed by atoms with Crippen molar-refractivity contribution in [1.29, 1.82) is 0 Å². The van der Waals surface area contributed by atoms with Crippen molar-refractivity contribution < 1.29 is 0 Å². The first-order valence-electron chi connectivity index (χ1n) is 7.03. The molecular formula is C15H20N4S. The van der Waals surface area contributed by atoms with Crippen LogP contribution in [0.15, 0.2) is 35.8 Å². The van der Waals surface area contributed by atoms with Gasteiger partial charge in [-0.25, -0.2) is 4.98 Å². The Morgan fingerprint density at radius 2 is 1.95 bits per heavy atom. The maximum Gasteiger partial charge on any atom is 0.185 e. The maximum atomic E-state index is 5.99. The number of para-hydroxylation sites is 1. The number of nitrogens with two attached hydrogens (primary N) is 1. The van der Waals surface area contributed by atoms with E-state index >= 15 is 0 Å². The zero-order valence-electron chi connectivity index (χ0n) is 11.5. The number of rotatable bonds is 4. The van der Waals surface area contributed by atoms with Crippen molar-refractivity contribution in [3.63, 3.8) is 0 Å². The largest absolute Gasteiger partial charge is 0.399 e. The lowest BCUT2D eigenvalue weighted by Crippen LogP contribution is -2.47. The summed E-state index contributed by atoms with van der Waals surface area (Å²) in [5.74, 6) is 0. The second-order valence-corrected chi connectivity index (χ2v) is 5.97. The minimum Gasteiger partial charge on any atom is -0.399 e. The van der Waals surface area contributed by atoms with Gasteiger partial charge in [-0.1, -0.05) is 18.2 Å². The summed E-state index contributed by atoms with van der Waals surface area (Å²) in [5, 5.41) is 3.19. The summed E-state index contributed by atoms with van der Waals surface area (Å²) in [7, 11) is 0. The van der Waals surface area contributed by atoms with Crippen LogP contribution in [0.4, 0.5) is 10.8 Å². The number of thiazole rings is 1. The fourth-order valence-corrected chi connectivity index (χ4v) is 3.27. The van der Waals surface area contributed by atoms with Gasteiger partial charge in [0.05, 0.1) is 0 Å². The highest BCUT2D eigenvalue weighted by Crippen LogP contribution is 2.19. The molecule has 0 saturated carbocycles. The molecule has 0 aliphatic carbocycles. The smallest absolute Gasteiger partial charge is 0.185 e. The van der Waals surface area contributed by atoms with Crippen LogP contribution in [0.1, 0.15) is 5.56 Å². The van der Waals surface area contributed by atoms with Crippen LogP contribution in [0.25, 0.3) is 0 Å². The average molecular weight is 288 g/mol. The number of hydrogen-bond acceptors (Lipinski definition) is 5. The number of aromatic nitrogens is 1. The van der Waals surface area contributed by atoms with E-state index in [2.05, 4.69) is 26.9 Å². The zero-order chi connectivity index (χ0) is 13.8. The van der Waals surface area contributed by atoms with Gasteiger partial charge in [-0.2, -0.15) is 0 Å². The number of benzene rings is 1. The standard InChI is InChI=1S/C15H20N4S/c16-14-4-2-1-3-13(14)5-7-18-8-10-19(11-9-18)15-17-6-12-20-15/h1-4,6,12H,5,7-11,16H2. The Morgan fingerprint density at radius 1 is 1.15 bits per heavy atom. The predicted molar refractivity (Wildman–Crippen MR) is 85.3 cm³/mol. The summed E-state index contributed by atoms with van der Waals surface area (Å²) in [6.45, 7) is 5.42. The molecule has 3 rings (SSSR count). The highest BCUT2D eigenvalue weighted by Gasteiger charge is 2.18. The van der Waals surface area contributed by atoms with Gasteiger partial charge in [0, 0.05) is 50.0 Å². The molecule has 1 fully saturated rings. The van der Waals surface area contributed by atoms with Gasteiger partial charge >= 0.3 is 0 Å². The van der Waals surface area contributed by atoms with E-state index in [1.807, 2.05) is 23.7 Å². The van der Waals surface area contributed by atoms with Crippen molar-refractivity contribution in [1.82, 2.24) is 9.88 Å². The molecule has 2 heterocycles. The van der Waals surface area contributed by atoms with Crippen LogP contribution in [0.3, 0.4) is 0 Å². The van der Waals surface area contributed by atoms with Crippen LogP contribution in [0, 0.1) is 0 Å². The van der Waals surface area contributed by atoms with Crippen LogP contribution in [0.5, 0.6) is 0 Å². The minimum atomic E-state index is 0.911. The summed E-state index contributed by atoms with van der Waals surface area (Å²) < 4.78 is 0. The third-order valence-corrected chi connectivity index (χ3v) is 4.65. The Balaban J connectivity index is 1.48. The summed E-state index contributed by atoms with van der Waals surface area (Å²) in [6.07, 6.45) is 2.91. The quantitative estimate of drug-likeness (QED) is 0.875. The molecule has 0 atom stereocenters. The van der Waals surface area contributed by atoms with E-state index in [0.717, 1.165) is 50.0 Å². The normalized spacial score (nSPS) is 16.5. The van der Waals surface area contributed by atoms with Crippen molar-refractivity contribution in [2.24, 2.45) is 0 Å². The SMILES string of the molecule is Nc1ccccc1CCN1CCN(c2nccs2)CC1. The lowest BCUT2D eigenvalue weighted by atomic mass is 10.1. The molecule has 1 aliphatic heterocycles. The molecule has 4 nitrogen and oxygen atoms in total. The molecule has 1 saturated heterocycles. The maximum absolute atomic E-state index is 5.99. The number of nitrogens with zero attached hydrogens (tertiary/aromatic N) is 3. The van der Waals surface area contributed by atoms with Crippen LogP contribution >= 0.6 is 11.3 Å². The molecule has 5 heteroatoms. The lowest BCUT2D eigenvalue weighted by molar-refractivity contribution is 0.261. The van der Waals surface area contributed by atoms with Crippen molar-refractivity contribution >= 4 is 22.2 Å². The first-order chi connectivity index (χ1) is 9.83. The van der Waals surface area contributed by atoms with E-state index in [1.54, 1.807) is 11.3 Å². The van der Waals surface area contributed by atoms with Crippen molar-refractivity contribution in [2.75, 3.05) is 43.4 Å². The zero-order valence-corrected chi connectivity index (χ0v) is 12.4. The van der Waals surface area contributed by atoms with Gasteiger partial charge in [-0.15, -0.1) is 11.3 Å². The van der Waals surface area contributed by atoms with Gasteiger partial charge in [-0.05, 0) is 18.1 Å². The van der Waals surface area contributed by atoms with Crippen molar-refractivity contribution in [2.45, 2.75) is 6.42 Å². The minimum absolute atomic E-state index is 0.911.